The lowest BCUT2D eigenvalue weighted by Crippen LogP contribution is -2.87. The van der Waals surface area contributed by atoms with Gasteiger partial charge in [0.2, 0.25) is 0 Å². The molecule has 0 aromatic heterocycles. The number of carbonyl (C=O) groups excluding carboxylic acids is 1. The standard InChI is InChI=1S/C23H24N2O3/c1-27-19-13-14-20(21(15-19)28-2)25-22(26)16-24-23(17-9-5-3-6-10-17)18-11-7-4-8-12-18/h3-15,23-24H,16H2,1-2H3,(H,25,26)/p+1. The third kappa shape index (κ3) is 4.90. The Labute approximate surface area is 165 Å². The van der Waals surface area contributed by atoms with E-state index in [1.165, 1.54) is 0 Å². The number of anilines is 1. The normalized spacial score (nSPS) is 10.5. The number of nitrogens with one attached hydrogen (secondary N) is 1. The van der Waals surface area contributed by atoms with Crippen LogP contribution in [0.15, 0.2) is 78.9 Å². The molecule has 28 heavy (non-hydrogen) atoms. The summed E-state index contributed by atoms with van der Waals surface area (Å²) in [7, 11) is 3.16. The molecule has 0 spiro atoms. The molecular weight excluding hydrogens is 352 g/mol. The van der Waals surface area contributed by atoms with Gasteiger partial charge in [-0.15, -0.1) is 0 Å². The van der Waals surface area contributed by atoms with E-state index >= 15 is 0 Å². The van der Waals surface area contributed by atoms with Crippen molar-refractivity contribution in [2.45, 2.75) is 6.04 Å². The molecule has 3 aromatic rings. The molecule has 0 heterocycles. The zero-order chi connectivity index (χ0) is 19.8. The molecule has 3 aromatic carbocycles. The highest BCUT2D eigenvalue weighted by Gasteiger charge is 2.19. The Bertz CT molecular complexity index is 859. The Kier molecular flexibility index (Phi) is 6.65. The smallest absolute Gasteiger partial charge is 0.279 e. The Hall–Kier alpha value is -3.31. The van der Waals surface area contributed by atoms with Crippen LogP contribution in [0.5, 0.6) is 11.5 Å². The van der Waals surface area contributed by atoms with E-state index in [2.05, 4.69) is 29.6 Å². The molecule has 0 aliphatic heterocycles. The van der Waals surface area contributed by atoms with Gasteiger partial charge in [-0.2, -0.15) is 0 Å². The van der Waals surface area contributed by atoms with Crippen LogP contribution in [0, 0.1) is 0 Å². The number of nitrogens with two attached hydrogens (primary N) is 1. The number of ether oxygens (including phenoxy) is 2. The van der Waals surface area contributed by atoms with E-state index < -0.39 is 0 Å². The largest absolute Gasteiger partial charge is 0.497 e. The van der Waals surface area contributed by atoms with E-state index in [0.717, 1.165) is 11.1 Å². The number of hydrogen-bond acceptors (Lipinski definition) is 3. The molecule has 0 saturated carbocycles. The zero-order valence-electron chi connectivity index (χ0n) is 16.1. The average Bonchev–Trinajstić information content (AvgIpc) is 2.75. The highest BCUT2D eigenvalue weighted by molar-refractivity contribution is 5.93. The maximum Gasteiger partial charge on any atom is 0.279 e. The molecule has 0 aliphatic carbocycles. The Morgan fingerprint density at radius 3 is 2.04 bits per heavy atom. The topological polar surface area (TPSA) is 64.2 Å². The van der Waals surface area contributed by atoms with Gasteiger partial charge in [-0.3, -0.25) is 4.79 Å². The van der Waals surface area contributed by atoms with Gasteiger partial charge in [0.05, 0.1) is 19.9 Å². The lowest BCUT2D eigenvalue weighted by atomic mass is 9.99. The second-order valence-electron chi connectivity index (χ2n) is 6.35. The summed E-state index contributed by atoms with van der Waals surface area (Å²) in [5, 5.41) is 4.96. The number of carbonyl (C=O) groups is 1. The highest BCUT2D eigenvalue weighted by atomic mass is 16.5. The van der Waals surface area contributed by atoms with Gasteiger partial charge in [-0.25, -0.2) is 0 Å². The van der Waals surface area contributed by atoms with Gasteiger partial charge in [-0.05, 0) is 12.1 Å². The molecule has 0 aliphatic rings. The molecule has 144 valence electrons. The molecule has 0 atom stereocenters. The van der Waals surface area contributed by atoms with E-state index in [9.17, 15) is 4.79 Å². The Morgan fingerprint density at radius 2 is 1.50 bits per heavy atom. The maximum atomic E-state index is 12.6. The number of amides is 1. The number of hydrogen-bond donors (Lipinski definition) is 2. The van der Waals surface area contributed by atoms with Gasteiger partial charge in [0.25, 0.3) is 5.91 Å². The van der Waals surface area contributed by atoms with Crippen molar-refractivity contribution in [2.24, 2.45) is 0 Å². The molecule has 0 bridgehead atoms. The lowest BCUT2D eigenvalue weighted by molar-refractivity contribution is -0.676. The average molecular weight is 377 g/mol. The fourth-order valence-corrected chi connectivity index (χ4v) is 3.11. The van der Waals surface area contributed by atoms with E-state index in [1.807, 2.05) is 41.7 Å². The summed E-state index contributed by atoms with van der Waals surface area (Å²) in [5.74, 6) is 1.14. The Balaban J connectivity index is 1.71. The monoisotopic (exact) mass is 377 g/mol. The summed E-state index contributed by atoms with van der Waals surface area (Å²) in [6.07, 6.45) is 0. The summed E-state index contributed by atoms with van der Waals surface area (Å²) in [6.45, 7) is 0.281. The number of quaternary nitrogens is 1. The van der Waals surface area contributed by atoms with Crippen molar-refractivity contribution in [3.05, 3.63) is 90.0 Å². The first-order chi connectivity index (χ1) is 13.7. The predicted octanol–water partition coefficient (Wildman–Crippen LogP) is 3.00. The van der Waals surface area contributed by atoms with Crippen molar-refractivity contribution in [1.82, 2.24) is 0 Å². The first kappa shape index (κ1) is 19.5. The number of rotatable bonds is 8. The Morgan fingerprint density at radius 1 is 0.893 bits per heavy atom. The van der Waals surface area contributed by atoms with Gasteiger partial charge in [0, 0.05) is 17.2 Å². The van der Waals surface area contributed by atoms with Crippen molar-refractivity contribution in [1.29, 1.82) is 0 Å². The third-order valence-corrected chi connectivity index (χ3v) is 4.54. The minimum atomic E-state index is -0.0969. The summed E-state index contributed by atoms with van der Waals surface area (Å²) in [4.78, 5) is 12.6. The summed E-state index contributed by atoms with van der Waals surface area (Å²) < 4.78 is 10.5. The second kappa shape index (κ2) is 9.58. The summed E-state index contributed by atoms with van der Waals surface area (Å²) in [5.41, 5.74) is 2.93. The molecule has 3 N–H and O–H groups in total. The van der Waals surface area contributed by atoms with E-state index in [1.54, 1.807) is 32.4 Å². The van der Waals surface area contributed by atoms with Crippen molar-refractivity contribution in [3.63, 3.8) is 0 Å². The molecule has 5 heteroatoms. The molecule has 0 radical (unpaired) electrons. The fraction of sp³-hybridized carbons (Fsp3) is 0.174. The van der Waals surface area contributed by atoms with Crippen LogP contribution < -0.4 is 20.1 Å². The van der Waals surface area contributed by atoms with Crippen molar-refractivity contribution >= 4 is 11.6 Å². The van der Waals surface area contributed by atoms with Crippen LogP contribution >= 0.6 is 0 Å². The molecule has 5 nitrogen and oxygen atoms in total. The minimum Gasteiger partial charge on any atom is -0.497 e. The lowest BCUT2D eigenvalue weighted by Gasteiger charge is -2.17. The van der Waals surface area contributed by atoms with Crippen molar-refractivity contribution < 1.29 is 19.6 Å². The van der Waals surface area contributed by atoms with Crippen molar-refractivity contribution in [2.75, 3.05) is 26.1 Å². The SMILES string of the molecule is COc1ccc(NC(=O)C[NH2+]C(c2ccccc2)c2ccccc2)c(OC)c1. The van der Waals surface area contributed by atoms with Crippen LogP contribution in [0.25, 0.3) is 0 Å². The third-order valence-electron chi connectivity index (χ3n) is 4.54. The molecule has 1 amide bonds. The van der Waals surface area contributed by atoms with E-state index in [4.69, 9.17) is 9.47 Å². The van der Waals surface area contributed by atoms with Crippen LogP contribution in [-0.4, -0.2) is 26.7 Å². The predicted molar refractivity (Wildman–Crippen MR) is 110 cm³/mol. The summed E-state index contributed by atoms with van der Waals surface area (Å²) >= 11 is 0. The first-order valence-corrected chi connectivity index (χ1v) is 9.16. The highest BCUT2D eigenvalue weighted by Crippen LogP contribution is 2.28. The quantitative estimate of drug-likeness (QED) is 0.634. The molecule has 0 saturated heterocycles. The zero-order valence-corrected chi connectivity index (χ0v) is 16.1. The van der Waals surface area contributed by atoms with Crippen LogP contribution in [-0.2, 0) is 4.79 Å². The number of benzene rings is 3. The molecule has 3 rings (SSSR count). The van der Waals surface area contributed by atoms with Crippen LogP contribution in [0.3, 0.4) is 0 Å². The second-order valence-corrected chi connectivity index (χ2v) is 6.35. The number of methoxy groups -OCH3 is 2. The van der Waals surface area contributed by atoms with Gasteiger partial charge in [-0.1, -0.05) is 60.7 Å². The van der Waals surface area contributed by atoms with Crippen molar-refractivity contribution in [3.8, 4) is 11.5 Å². The fourth-order valence-electron chi connectivity index (χ4n) is 3.11. The van der Waals surface area contributed by atoms with Gasteiger partial charge in [0.15, 0.2) is 6.54 Å². The maximum absolute atomic E-state index is 12.6. The van der Waals surface area contributed by atoms with Gasteiger partial charge < -0.3 is 20.1 Å². The van der Waals surface area contributed by atoms with Crippen LogP contribution in [0.4, 0.5) is 5.69 Å². The van der Waals surface area contributed by atoms with Crippen LogP contribution in [0.2, 0.25) is 0 Å². The van der Waals surface area contributed by atoms with Gasteiger partial charge >= 0.3 is 0 Å². The van der Waals surface area contributed by atoms with Crippen LogP contribution in [0.1, 0.15) is 17.2 Å². The minimum absolute atomic E-state index is 0.0471. The molecular formula is C23H25N2O3+. The van der Waals surface area contributed by atoms with Gasteiger partial charge in [0.1, 0.15) is 17.5 Å². The van der Waals surface area contributed by atoms with E-state index in [-0.39, 0.29) is 18.5 Å². The molecule has 0 fully saturated rings. The van der Waals surface area contributed by atoms with E-state index in [0.29, 0.717) is 17.2 Å². The first-order valence-electron chi connectivity index (χ1n) is 9.16. The summed E-state index contributed by atoms with van der Waals surface area (Å²) in [6, 6.07) is 25.7. The molecule has 0 unspecified atom stereocenters.